The smallest absolute Gasteiger partial charge is 0.306 e. The second-order valence-electron chi connectivity index (χ2n) is 6.00. The van der Waals surface area contributed by atoms with Crippen LogP contribution in [0.15, 0.2) is 0 Å². The molecule has 0 saturated carbocycles. The molecule has 104 valence electrons. The number of carboxylic acids is 1. The minimum absolute atomic E-state index is 0.0582. The fourth-order valence-electron chi connectivity index (χ4n) is 2.14. The van der Waals surface area contributed by atoms with Crippen LogP contribution < -0.4 is 5.32 Å². The van der Waals surface area contributed by atoms with Gasteiger partial charge in [-0.1, -0.05) is 0 Å². The van der Waals surface area contributed by atoms with Gasteiger partial charge in [-0.25, -0.2) is 0 Å². The molecular formula is C13H24N2O3. The Labute approximate surface area is 109 Å². The van der Waals surface area contributed by atoms with E-state index in [9.17, 15) is 9.59 Å². The SMILES string of the molecule is CC(C)(C)NC(=O)CCN1CCC(C(=O)O)CC1. The monoisotopic (exact) mass is 256 g/mol. The summed E-state index contributed by atoms with van der Waals surface area (Å²) in [6, 6.07) is 0. The van der Waals surface area contributed by atoms with Crippen molar-refractivity contribution < 1.29 is 14.7 Å². The average Bonchev–Trinajstić information content (AvgIpc) is 2.24. The third-order valence-corrected chi connectivity index (χ3v) is 3.11. The molecule has 1 aliphatic heterocycles. The van der Waals surface area contributed by atoms with Crippen LogP contribution in [0.3, 0.4) is 0 Å². The highest BCUT2D eigenvalue weighted by Gasteiger charge is 2.24. The summed E-state index contributed by atoms with van der Waals surface area (Å²) >= 11 is 0. The first kappa shape index (κ1) is 15.0. The van der Waals surface area contributed by atoms with Gasteiger partial charge in [0.2, 0.25) is 5.91 Å². The number of carbonyl (C=O) groups is 2. The number of likely N-dealkylation sites (tertiary alicyclic amines) is 1. The van der Waals surface area contributed by atoms with Gasteiger partial charge in [0.15, 0.2) is 0 Å². The van der Waals surface area contributed by atoms with Crippen molar-refractivity contribution in [2.45, 2.75) is 45.6 Å². The summed E-state index contributed by atoms with van der Waals surface area (Å²) in [7, 11) is 0. The predicted molar refractivity (Wildman–Crippen MR) is 69.3 cm³/mol. The van der Waals surface area contributed by atoms with Crippen LogP contribution in [0.25, 0.3) is 0 Å². The number of hydrogen-bond donors (Lipinski definition) is 2. The molecule has 18 heavy (non-hydrogen) atoms. The van der Waals surface area contributed by atoms with Gasteiger partial charge in [-0.3, -0.25) is 9.59 Å². The molecule has 1 fully saturated rings. The molecule has 2 N–H and O–H groups in total. The van der Waals surface area contributed by atoms with Crippen molar-refractivity contribution in [3.05, 3.63) is 0 Å². The lowest BCUT2D eigenvalue weighted by atomic mass is 9.97. The van der Waals surface area contributed by atoms with Crippen LogP contribution in [0, 0.1) is 5.92 Å². The van der Waals surface area contributed by atoms with Crippen molar-refractivity contribution in [2.24, 2.45) is 5.92 Å². The maximum Gasteiger partial charge on any atom is 0.306 e. The molecule has 0 aromatic carbocycles. The third-order valence-electron chi connectivity index (χ3n) is 3.11. The van der Waals surface area contributed by atoms with Gasteiger partial charge in [0, 0.05) is 18.5 Å². The zero-order valence-corrected chi connectivity index (χ0v) is 11.5. The molecule has 5 heteroatoms. The fraction of sp³-hybridized carbons (Fsp3) is 0.846. The van der Waals surface area contributed by atoms with E-state index in [1.54, 1.807) is 0 Å². The molecule has 0 radical (unpaired) electrons. The lowest BCUT2D eigenvalue weighted by molar-refractivity contribution is -0.143. The lowest BCUT2D eigenvalue weighted by Gasteiger charge is -2.30. The molecule has 0 aliphatic carbocycles. The first-order valence-electron chi connectivity index (χ1n) is 6.54. The molecule has 5 nitrogen and oxygen atoms in total. The second kappa shape index (κ2) is 6.18. The average molecular weight is 256 g/mol. The highest BCUT2D eigenvalue weighted by atomic mass is 16.4. The van der Waals surface area contributed by atoms with Gasteiger partial charge >= 0.3 is 5.97 Å². The van der Waals surface area contributed by atoms with E-state index in [1.165, 1.54) is 0 Å². The largest absolute Gasteiger partial charge is 0.481 e. The van der Waals surface area contributed by atoms with Gasteiger partial charge in [-0.05, 0) is 46.7 Å². The van der Waals surface area contributed by atoms with Crippen LogP contribution in [0.2, 0.25) is 0 Å². The second-order valence-corrected chi connectivity index (χ2v) is 6.00. The van der Waals surface area contributed by atoms with Gasteiger partial charge in [-0.15, -0.1) is 0 Å². The summed E-state index contributed by atoms with van der Waals surface area (Å²) in [6.07, 6.45) is 1.86. The summed E-state index contributed by atoms with van der Waals surface area (Å²) < 4.78 is 0. The van der Waals surface area contributed by atoms with Crippen LogP contribution in [0.1, 0.15) is 40.0 Å². The molecule has 0 aromatic heterocycles. The Morgan fingerprint density at radius 3 is 2.28 bits per heavy atom. The standard InChI is InChI=1S/C13H24N2O3/c1-13(2,3)14-11(16)6-9-15-7-4-10(5-8-15)12(17)18/h10H,4-9H2,1-3H3,(H,14,16)(H,17,18). The molecule has 1 aliphatic rings. The number of amides is 1. The first-order chi connectivity index (χ1) is 8.28. The summed E-state index contributed by atoms with van der Waals surface area (Å²) in [6.45, 7) is 8.16. The highest BCUT2D eigenvalue weighted by Crippen LogP contribution is 2.17. The van der Waals surface area contributed by atoms with Gasteiger partial charge in [0.25, 0.3) is 0 Å². The summed E-state index contributed by atoms with van der Waals surface area (Å²) in [5.41, 5.74) is -0.187. The molecule has 0 aromatic rings. The Bertz CT molecular complexity index is 302. The van der Waals surface area contributed by atoms with Gasteiger partial charge < -0.3 is 15.3 Å². The Hall–Kier alpha value is -1.10. The first-order valence-corrected chi connectivity index (χ1v) is 6.54. The number of hydrogen-bond acceptors (Lipinski definition) is 3. The summed E-state index contributed by atoms with van der Waals surface area (Å²) in [5, 5.41) is 11.8. The number of piperidine rings is 1. The molecular weight excluding hydrogens is 232 g/mol. The summed E-state index contributed by atoms with van der Waals surface area (Å²) in [5.74, 6) is -0.840. The van der Waals surface area contributed by atoms with Crippen molar-refractivity contribution in [3.8, 4) is 0 Å². The van der Waals surface area contributed by atoms with E-state index in [0.29, 0.717) is 25.8 Å². The highest BCUT2D eigenvalue weighted by molar-refractivity contribution is 5.76. The Balaban J connectivity index is 2.22. The zero-order chi connectivity index (χ0) is 13.8. The van der Waals surface area contributed by atoms with E-state index in [4.69, 9.17) is 5.11 Å². The molecule has 1 amide bonds. The van der Waals surface area contributed by atoms with Gasteiger partial charge in [0.05, 0.1) is 5.92 Å². The molecule has 0 spiro atoms. The van der Waals surface area contributed by atoms with E-state index in [0.717, 1.165) is 13.1 Å². The Morgan fingerprint density at radius 1 is 1.28 bits per heavy atom. The molecule has 0 bridgehead atoms. The van der Waals surface area contributed by atoms with Crippen LogP contribution >= 0.6 is 0 Å². The minimum atomic E-state index is -0.694. The fourth-order valence-corrected chi connectivity index (χ4v) is 2.14. The Kier molecular flexibility index (Phi) is 5.14. The molecule has 1 rings (SSSR count). The van der Waals surface area contributed by atoms with Crippen molar-refractivity contribution >= 4 is 11.9 Å². The summed E-state index contributed by atoms with van der Waals surface area (Å²) in [4.78, 5) is 24.6. The van der Waals surface area contributed by atoms with Crippen molar-refractivity contribution in [2.75, 3.05) is 19.6 Å². The van der Waals surface area contributed by atoms with Crippen LogP contribution in [0.5, 0.6) is 0 Å². The number of carboxylic acid groups (broad SMARTS) is 1. The van der Waals surface area contributed by atoms with E-state index in [1.807, 2.05) is 20.8 Å². The zero-order valence-electron chi connectivity index (χ0n) is 11.5. The number of aliphatic carboxylic acids is 1. The molecule has 1 heterocycles. The molecule has 0 atom stereocenters. The third kappa shape index (κ3) is 5.49. The molecule has 1 saturated heterocycles. The number of nitrogens with one attached hydrogen (secondary N) is 1. The quantitative estimate of drug-likeness (QED) is 0.790. The number of rotatable bonds is 4. The molecule has 0 unspecified atom stereocenters. The van der Waals surface area contributed by atoms with Crippen LogP contribution in [0.4, 0.5) is 0 Å². The van der Waals surface area contributed by atoms with Crippen molar-refractivity contribution in [1.82, 2.24) is 10.2 Å². The number of nitrogens with zero attached hydrogens (tertiary/aromatic N) is 1. The lowest BCUT2D eigenvalue weighted by Crippen LogP contribution is -2.43. The minimum Gasteiger partial charge on any atom is -0.481 e. The van der Waals surface area contributed by atoms with Gasteiger partial charge in [0.1, 0.15) is 0 Å². The maximum atomic E-state index is 11.6. The predicted octanol–water partition coefficient (Wildman–Crippen LogP) is 1.09. The van der Waals surface area contributed by atoms with E-state index < -0.39 is 5.97 Å². The van der Waals surface area contributed by atoms with E-state index >= 15 is 0 Å². The maximum absolute atomic E-state index is 11.6. The van der Waals surface area contributed by atoms with Crippen LogP contribution in [-0.4, -0.2) is 47.1 Å². The topological polar surface area (TPSA) is 69.6 Å². The van der Waals surface area contributed by atoms with Crippen molar-refractivity contribution in [1.29, 1.82) is 0 Å². The Morgan fingerprint density at radius 2 is 1.83 bits per heavy atom. The van der Waals surface area contributed by atoms with Gasteiger partial charge in [-0.2, -0.15) is 0 Å². The van der Waals surface area contributed by atoms with Crippen LogP contribution in [-0.2, 0) is 9.59 Å². The number of carbonyl (C=O) groups excluding carboxylic acids is 1. The van der Waals surface area contributed by atoms with E-state index in [-0.39, 0.29) is 17.4 Å². The normalized spacial score (nSPS) is 18.6. The van der Waals surface area contributed by atoms with E-state index in [2.05, 4.69) is 10.2 Å². The van der Waals surface area contributed by atoms with Crippen molar-refractivity contribution in [3.63, 3.8) is 0 Å².